The van der Waals surface area contributed by atoms with E-state index in [1.165, 1.54) is 6.20 Å². The van der Waals surface area contributed by atoms with E-state index in [2.05, 4.69) is 4.98 Å². The number of amides is 2. The minimum Gasteiger partial charge on any atom is -0.397 e. The fourth-order valence-corrected chi connectivity index (χ4v) is 1.85. The molecule has 5 nitrogen and oxygen atoms in total. The van der Waals surface area contributed by atoms with Crippen LogP contribution in [0.15, 0.2) is 12.3 Å². The average molecular weight is 233 g/mol. The predicted octanol–water partition coefficient (Wildman–Crippen LogP) is 1.26. The lowest BCUT2D eigenvalue weighted by Crippen LogP contribution is -2.33. The molecule has 0 aliphatic carbocycles. The van der Waals surface area contributed by atoms with Crippen LogP contribution in [0.3, 0.4) is 0 Å². The summed E-state index contributed by atoms with van der Waals surface area (Å²) in [6.45, 7) is 5.34. The van der Waals surface area contributed by atoms with Crippen LogP contribution in [0, 0.1) is 12.3 Å². The highest BCUT2D eigenvalue weighted by atomic mass is 16.2. The summed E-state index contributed by atoms with van der Waals surface area (Å²) in [6.07, 6.45) is 1.69. The van der Waals surface area contributed by atoms with Crippen molar-refractivity contribution >= 4 is 23.3 Å². The number of aryl methyl sites for hydroxylation is 1. The van der Waals surface area contributed by atoms with E-state index < -0.39 is 5.41 Å². The van der Waals surface area contributed by atoms with Gasteiger partial charge in [-0.2, -0.15) is 0 Å². The fraction of sp³-hybridized carbons (Fsp3) is 0.417. The van der Waals surface area contributed by atoms with Crippen molar-refractivity contribution in [2.45, 2.75) is 27.2 Å². The van der Waals surface area contributed by atoms with Gasteiger partial charge in [-0.3, -0.25) is 9.59 Å². The van der Waals surface area contributed by atoms with Gasteiger partial charge in [0.1, 0.15) is 5.82 Å². The monoisotopic (exact) mass is 233 g/mol. The summed E-state index contributed by atoms with van der Waals surface area (Å²) in [7, 11) is 0. The Bertz CT molecular complexity index is 508. The standard InChI is InChI=1S/C12H15N3O2/c1-7-4-9(14-6-8(7)13)15-10(16)5-12(2,3)11(15)17/h4,6H,5,13H2,1-3H3. The smallest absolute Gasteiger partial charge is 0.241 e. The number of pyridine rings is 1. The molecule has 1 saturated heterocycles. The molecule has 0 bridgehead atoms. The third-order valence-corrected chi connectivity index (χ3v) is 2.99. The van der Waals surface area contributed by atoms with Gasteiger partial charge in [0, 0.05) is 6.42 Å². The molecule has 1 aliphatic heterocycles. The molecule has 2 amide bonds. The van der Waals surface area contributed by atoms with Gasteiger partial charge in [0.15, 0.2) is 0 Å². The predicted molar refractivity (Wildman–Crippen MR) is 64.3 cm³/mol. The minimum absolute atomic E-state index is 0.209. The lowest BCUT2D eigenvalue weighted by atomic mass is 9.92. The number of nitrogens with two attached hydrogens (primary N) is 1. The van der Waals surface area contributed by atoms with E-state index >= 15 is 0 Å². The number of aromatic nitrogens is 1. The van der Waals surface area contributed by atoms with Gasteiger partial charge in [-0.1, -0.05) is 13.8 Å². The van der Waals surface area contributed by atoms with E-state index in [1.807, 2.05) is 6.92 Å². The SMILES string of the molecule is Cc1cc(N2C(=O)CC(C)(C)C2=O)ncc1N. The van der Waals surface area contributed by atoms with Gasteiger partial charge in [0.25, 0.3) is 0 Å². The number of nitrogens with zero attached hydrogens (tertiary/aromatic N) is 2. The number of rotatable bonds is 1. The number of anilines is 2. The molecule has 0 aromatic carbocycles. The van der Waals surface area contributed by atoms with Crippen molar-refractivity contribution in [3.63, 3.8) is 0 Å². The Morgan fingerprint density at radius 2 is 2.06 bits per heavy atom. The summed E-state index contributed by atoms with van der Waals surface area (Å²) in [5, 5.41) is 0. The highest BCUT2D eigenvalue weighted by molar-refractivity contribution is 6.21. The molecule has 2 N–H and O–H groups in total. The van der Waals surface area contributed by atoms with Crippen molar-refractivity contribution in [2.24, 2.45) is 5.41 Å². The maximum absolute atomic E-state index is 12.1. The molecule has 90 valence electrons. The van der Waals surface area contributed by atoms with Crippen LogP contribution in [0.25, 0.3) is 0 Å². The Labute approximate surface area is 99.6 Å². The molecule has 0 unspecified atom stereocenters. The molecule has 2 rings (SSSR count). The van der Waals surface area contributed by atoms with Crippen molar-refractivity contribution in [1.82, 2.24) is 4.98 Å². The van der Waals surface area contributed by atoms with Crippen LogP contribution in [-0.2, 0) is 9.59 Å². The number of nitrogen functional groups attached to an aromatic ring is 1. The first-order valence-electron chi connectivity index (χ1n) is 5.42. The summed E-state index contributed by atoms with van der Waals surface area (Å²) < 4.78 is 0. The van der Waals surface area contributed by atoms with Crippen LogP contribution in [0.4, 0.5) is 11.5 Å². The van der Waals surface area contributed by atoms with E-state index in [9.17, 15) is 9.59 Å². The normalized spacial score (nSPS) is 18.9. The molecule has 1 aromatic rings. The summed E-state index contributed by atoms with van der Waals surface area (Å²) in [5.74, 6) is -0.0619. The Hall–Kier alpha value is -1.91. The maximum Gasteiger partial charge on any atom is 0.241 e. The van der Waals surface area contributed by atoms with Crippen molar-refractivity contribution in [1.29, 1.82) is 0 Å². The van der Waals surface area contributed by atoms with E-state index in [1.54, 1.807) is 19.9 Å². The van der Waals surface area contributed by atoms with Gasteiger partial charge >= 0.3 is 0 Å². The Balaban J connectivity index is 2.44. The van der Waals surface area contributed by atoms with E-state index in [0.29, 0.717) is 11.5 Å². The molecule has 0 spiro atoms. The number of hydrogen-bond donors (Lipinski definition) is 1. The molecule has 1 aliphatic rings. The lowest BCUT2D eigenvalue weighted by molar-refractivity contribution is -0.124. The van der Waals surface area contributed by atoms with Crippen LogP contribution < -0.4 is 10.6 Å². The Morgan fingerprint density at radius 3 is 2.53 bits per heavy atom. The number of carbonyl (C=O) groups is 2. The highest BCUT2D eigenvalue weighted by Gasteiger charge is 2.46. The molecule has 5 heteroatoms. The van der Waals surface area contributed by atoms with Crippen LogP contribution >= 0.6 is 0 Å². The average Bonchev–Trinajstić information content (AvgIpc) is 2.42. The first kappa shape index (κ1) is 11.6. The topological polar surface area (TPSA) is 76.3 Å². The molecule has 2 heterocycles. The van der Waals surface area contributed by atoms with Crippen LogP contribution in [-0.4, -0.2) is 16.8 Å². The summed E-state index contributed by atoms with van der Waals surface area (Å²) >= 11 is 0. The van der Waals surface area contributed by atoms with E-state index in [0.717, 1.165) is 10.5 Å². The Morgan fingerprint density at radius 1 is 1.41 bits per heavy atom. The molecule has 17 heavy (non-hydrogen) atoms. The van der Waals surface area contributed by atoms with E-state index in [-0.39, 0.29) is 18.2 Å². The summed E-state index contributed by atoms with van der Waals surface area (Å²) in [4.78, 5) is 29.1. The third kappa shape index (κ3) is 1.77. The maximum atomic E-state index is 12.1. The highest BCUT2D eigenvalue weighted by Crippen LogP contribution is 2.34. The lowest BCUT2D eigenvalue weighted by Gasteiger charge is -2.17. The number of imide groups is 1. The van der Waals surface area contributed by atoms with Gasteiger partial charge in [-0.15, -0.1) is 0 Å². The molecule has 1 fully saturated rings. The van der Waals surface area contributed by atoms with Crippen molar-refractivity contribution in [2.75, 3.05) is 10.6 Å². The first-order chi connectivity index (χ1) is 7.83. The molecule has 0 saturated carbocycles. The second kappa shape index (κ2) is 3.55. The molecule has 1 aromatic heterocycles. The molecular formula is C12H15N3O2. The zero-order valence-electron chi connectivity index (χ0n) is 10.2. The van der Waals surface area contributed by atoms with Crippen molar-refractivity contribution in [3.05, 3.63) is 17.8 Å². The zero-order chi connectivity index (χ0) is 12.8. The first-order valence-corrected chi connectivity index (χ1v) is 5.42. The van der Waals surface area contributed by atoms with Gasteiger partial charge in [0.2, 0.25) is 11.8 Å². The van der Waals surface area contributed by atoms with Gasteiger partial charge < -0.3 is 5.73 Å². The van der Waals surface area contributed by atoms with Gasteiger partial charge in [0.05, 0.1) is 17.3 Å². The summed E-state index contributed by atoms with van der Waals surface area (Å²) in [6, 6.07) is 1.66. The Kier molecular flexibility index (Phi) is 2.41. The van der Waals surface area contributed by atoms with Gasteiger partial charge in [-0.25, -0.2) is 9.88 Å². The largest absolute Gasteiger partial charge is 0.397 e. The second-order valence-electron chi connectivity index (χ2n) is 4.99. The van der Waals surface area contributed by atoms with Crippen LogP contribution in [0.1, 0.15) is 25.8 Å². The number of carbonyl (C=O) groups excluding carboxylic acids is 2. The van der Waals surface area contributed by atoms with E-state index in [4.69, 9.17) is 5.73 Å². The number of hydrogen-bond acceptors (Lipinski definition) is 4. The van der Waals surface area contributed by atoms with Gasteiger partial charge in [-0.05, 0) is 18.6 Å². The van der Waals surface area contributed by atoms with Crippen molar-refractivity contribution in [3.8, 4) is 0 Å². The molecule has 0 atom stereocenters. The zero-order valence-corrected chi connectivity index (χ0v) is 10.2. The molecule has 0 radical (unpaired) electrons. The molecular weight excluding hydrogens is 218 g/mol. The van der Waals surface area contributed by atoms with Crippen LogP contribution in [0.2, 0.25) is 0 Å². The van der Waals surface area contributed by atoms with Crippen LogP contribution in [0.5, 0.6) is 0 Å². The fourth-order valence-electron chi connectivity index (χ4n) is 1.85. The third-order valence-electron chi connectivity index (χ3n) is 2.99. The van der Waals surface area contributed by atoms with Crippen molar-refractivity contribution < 1.29 is 9.59 Å². The second-order valence-corrected chi connectivity index (χ2v) is 4.99. The minimum atomic E-state index is -0.645. The quantitative estimate of drug-likeness (QED) is 0.741. The summed E-state index contributed by atoms with van der Waals surface area (Å²) in [5.41, 5.74) is 6.37.